The van der Waals surface area contributed by atoms with Crippen LogP contribution in [0.25, 0.3) is 16.9 Å². The Labute approximate surface area is 119 Å². The van der Waals surface area contributed by atoms with E-state index >= 15 is 0 Å². The summed E-state index contributed by atoms with van der Waals surface area (Å²) in [5.74, 6) is 0.714. The zero-order valence-electron chi connectivity index (χ0n) is 12.4. The fraction of sp³-hybridized carbons (Fsp3) is 0.235. The van der Waals surface area contributed by atoms with Crippen LogP contribution in [0, 0.1) is 27.7 Å². The lowest BCUT2D eigenvalue weighted by Crippen LogP contribution is -1.98. The topological polar surface area (TPSA) is 43.3 Å². The molecule has 2 aromatic heterocycles. The Morgan fingerprint density at radius 1 is 0.950 bits per heavy atom. The third-order valence-electron chi connectivity index (χ3n) is 3.73. The van der Waals surface area contributed by atoms with Crippen LogP contribution < -0.4 is 5.73 Å². The number of nitrogens with two attached hydrogens (primary N) is 1. The zero-order chi connectivity index (χ0) is 14.4. The van der Waals surface area contributed by atoms with Gasteiger partial charge in [-0.25, -0.2) is 4.98 Å². The maximum atomic E-state index is 6.34. The molecule has 0 spiro atoms. The first-order chi connectivity index (χ1) is 9.47. The minimum Gasteiger partial charge on any atom is -0.383 e. The van der Waals surface area contributed by atoms with Gasteiger partial charge in [0.05, 0.1) is 0 Å². The Morgan fingerprint density at radius 3 is 2.45 bits per heavy atom. The summed E-state index contributed by atoms with van der Waals surface area (Å²) in [5, 5.41) is 0. The van der Waals surface area contributed by atoms with Crippen molar-refractivity contribution in [3.05, 3.63) is 52.7 Å². The van der Waals surface area contributed by atoms with Crippen molar-refractivity contribution >= 4 is 11.5 Å². The Bertz CT molecular complexity index is 813. The van der Waals surface area contributed by atoms with Gasteiger partial charge in [-0.1, -0.05) is 17.7 Å². The quantitative estimate of drug-likeness (QED) is 0.727. The van der Waals surface area contributed by atoms with E-state index in [-0.39, 0.29) is 0 Å². The summed E-state index contributed by atoms with van der Waals surface area (Å²) in [7, 11) is 0. The molecule has 0 aliphatic rings. The molecule has 2 N–H and O–H groups in total. The monoisotopic (exact) mass is 265 g/mol. The lowest BCUT2D eigenvalue weighted by Gasteiger charge is -2.06. The predicted octanol–water partition coefficient (Wildman–Crippen LogP) is 3.82. The van der Waals surface area contributed by atoms with E-state index in [1.54, 1.807) is 0 Å². The Hall–Kier alpha value is -2.29. The molecule has 0 saturated carbocycles. The van der Waals surface area contributed by atoms with Crippen LogP contribution in [0.4, 0.5) is 5.82 Å². The van der Waals surface area contributed by atoms with E-state index in [4.69, 9.17) is 10.7 Å². The molecule has 0 atom stereocenters. The number of rotatable bonds is 1. The number of hydrogen-bond donors (Lipinski definition) is 1. The third-order valence-corrected chi connectivity index (χ3v) is 3.73. The molecule has 3 rings (SSSR count). The van der Waals surface area contributed by atoms with Crippen LogP contribution in [0.15, 0.2) is 30.3 Å². The van der Waals surface area contributed by atoms with Crippen LogP contribution in [0.1, 0.15) is 22.4 Å². The minimum absolute atomic E-state index is 0.714. The molecule has 0 unspecified atom stereocenters. The summed E-state index contributed by atoms with van der Waals surface area (Å²) in [5.41, 5.74) is 14.0. The fourth-order valence-corrected chi connectivity index (χ4v) is 2.75. The highest BCUT2D eigenvalue weighted by Crippen LogP contribution is 2.30. The van der Waals surface area contributed by atoms with Crippen LogP contribution in [-0.2, 0) is 0 Å². The number of fused-ring (bicyclic) bond motifs is 1. The van der Waals surface area contributed by atoms with Gasteiger partial charge >= 0.3 is 0 Å². The molecular formula is C17H19N3. The molecule has 3 heteroatoms. The number of nitrogen functional groups attached to an aromatic ring is 1. The maximum Gasteiger partial charge on any atom is 0.139 e. The van der Waals surface area contributed by atoms with Gasteiger partial charge < -0.3 is 5.73 Å². The van der Waals surface area contributed by atoms with Gasteiger partial charge in [-0.2, -0.15) is 0 Å². The molecule has 0 aliphatic heterocycles. The number of anilines is 1. The highest BCUT2D eigenvalue weighted by molar-refractivity contribution is 5.77. The van der Waals surface area contributed by atoms with E-state index in [1.165, 1.54) is 16.7 Å². The molecule has 0 radical (unpaired) electrons. The standard InChI is InChI=1S/C17H19N3/c1-10-5-6-12(3)14(8-10)16-17(18)20-13(4)7-11(2)9-15(20)19-16/h5-9H,18H2,1-4H3. The van der Waals surface area contributed by atoms with Crippen LogP contribution in [0.2, 0.25) is 0 Å². The van der Waals surface area contributed by atoms with Crippen LogP contribution in [-0.4, -0.2) is 9.38 Å². The fourth-order valence-electron chi connectivity index (χ4n) is 2.75. The average molecular weight is 265 g/mol. The first-order valence-electron chi connectivity index (χ1n) is 6.80. The summed E-state index contributed by atoms with van der Waals surface area (Å²) in [6.45, 7) is 8.32. The molecule has 3 nitrogen and oxygen atoms in total. The van der Waals surface area contributed by atoms with Gasteiger partial charge in [0, 0.05) is 11.3 Å². The SMILES string of the molecule is Cc1ccc(C)c(-c2nc3cc(C)cc(C)n3c2N)c1. The molecule has 1 aromatic carbocycles. The average Bonchev–Trinajstić information content (AvgIpc) is 2.69. The number of imidazole rings is 1. The van der Waals surface area contributed by atoms with E-state index in [2.05, 4.69) is 58.0 Å². The van der Waals surface area contributed by atoms with Crippen LogP contribution in [0.3, 0.4) is 0 Å². The second kappa shape index (κ2) is 4.37. The second-order valence-electron chi connectivity index (χ2n) is 5.53. The molecular weight excluding hydrogens is 246 g/mol. The predicted molar refractivity (Wildman–Crippen MR) is 84.0 cm³/mol. The molecule has 2 heterocycles. The van der Waals surface area contributed by atoms with Crippen molar-refractivity contribution in [1.82, 2.24) is 9.38 Å². The normalized spacial score (nSPS) is 11.2. The summed E-state index contributed by atoms with van der Waals surface area (Å²) in [6, 6.07) is 10.6. The van der Waals surface area contributed by atoms with Crippen molar-refractivity contribution in [2.45, 2.75) is 27.7 Å². The summed E-state index contributed by atoms with van der Waals surface area (Å²) in [4.78, 5) is 4.74. The van der Waals surface area contributed by atoms with Gasteiger partial charge in [0.1, 0.15) is 17.2 Å². The Kier molecular flexibility index (Phi) is 2.78. The Balaban J connectivity index is 2.35. The van der Waals surface area contributed by atoms with Crippen molar-refractivity contribution in [3.8, 4) is 11.3 Å². The number of pyridine rings is 1. The Morgan fingerprint density at radius 2 is 1.70 bits per heavy atom. The molecule has 102 valence electrons. The van der Waals surface area contributed by atoms with Gasteiger partial charge in [-0.3, -0.25) is 4.40 Å². The molecule has 3 aromatic rings. The van der Waals surface area contributed by atoms with Crippen molar-refractivity contribution < 1.29 is 0 Å². The van der Waals surface area contributed by atoms with Gasteiger partial charge in [-0.05, 0) is 57.0 Å². The summed E-state index contributed by atoms with van der Waals surface area (Å²) < 4.78 is 2.02. The first-order valence-corrected chi connectivity index (χ1v) is 6.80. The summed E-state index contributed by atoms with van der Waals surface area (Å²) >= 11 is 0. The highest BCUT2D eigenvalue weighted by atomic mass is 15.1. The van der Waals surface area contributed by atoms with E-state index in [1.807, 2.05) is 4.40 Å². The van der Waals surface area contributed by atoms with Crippen LogP contribution >= 0.6 is 0 Å². The zero-order valence-corrected chi connectivity index (χ0v) is 12.4. The van der Waals surface area contributed by atoms with Crippen molar-refractivity contribution in [2.75, 3.05) is 5.73 Å². The van der Waals surface area contributed by atoms with Gasteiger partial charge in [0.15, 0.2) is 0 Å². The number of benzene rings is 1. The number of aromatic nitrogens is 2. The second-order valence-corrected chi connectivity index (χ2v) is 5.53. The van der Waals surface area contributed by atoms with Gasteiger partial charge in [0.2, 0.25) is 0 Å². The van der Waals surface area contributed by atoms with E-state index in [0.29, 0.717) is 5.82 Å². The molecule has 0 bridgehead atoms. The molecule has 0 aliphatic carbocycles. The smallest absolute Gasteiger partial charge is 0.139 e. The number of hydrogen-bond acceptors (Lipinski definition) is 2. The third kappa shape index (κ3) is 1.86. The minimum atomic E-state index is 0.714. The molecule has 0 amide bonds. The van der Waals surface area contributed by atoms with Crippen molar-refractivity contribution in [1.29, 1.82) is 0 Å². The number of nitrogens with zero attached hydrogens (tertiary/aromatic N) is 2. The van der Waals surface area contributed by atoms with Crippen molar-refractivity contribution in [2.24, 2.45) is 0 Å². The first kappa shape index (κ1) is 12.7. The van der Waals surface area contributed by atoms with E-state index in [9.17, 15) is 0 Å². The lowest BCUT2D eigenvalue weighted by atomic mass is 10.0. The lowest BCUT2D eigenvalue weighted by molar-refractivity contribution is 1.09. The highest BCUT2D eigenvalue weighted by Gasteiger charge is 2.14. The molecule has 20 heavy (non-hydrogen) atoms. The molecule has 0 saturated heterocycles. The van der Waals surface area contributed by atoms with E-state index in [0.717, 1.165) is 22.6 Å². The van der Waals surface area contributed by atoms with Gasteiger partial charge in [0.25, 0.3) is 0 Å². The molecule has 0 fully saturated rings. The van der Waals surface area contributed by atoms with E-state index < -0.39 is 0 Å². The number of aryl methyl sites for hydroxylation is 4. The van der Waals surface area contributed by atoms with Gasteiger partial charge in [-0.15, -0.1) is 0 Å². The summed E-state index contributed by atoms with van der Waals surface area (Å²) in [6.07, 6.45) is 0. The van der Waals surface area contributed by atoms with Crippen LogP contribution in [0.5, 0.6) is 0 Å². The van der Waals surface area contributed by atoms with Crippen molar-refractivity contribution in [3.63, 3.8) is 0 Å². The largest absolute Gasteiger partial charge is 0.383 e. The maximum absolute atomic E-state index is 6.34.